The van der Waals surface area contributed by atoms with Crippen molar-refractivity contribution in [3.8, 4) is 11.1 Å². The molecule has 1 amide bonds. The molecule has 0 aliphatic carbocycles. The van der Waals surface area contributed by atoms with E-state index in [1.807, 2.05) is 6.07 Å². The second-order valence-corrected chi connectivity index (χ2v) is 7.19. The van der Waals surface area contributed by atoms with Crippen LogP contribution in [0.4, 0.5) is 5.69 Å². The van der Waals surface area contributed by atoms with E-state index >= 15 is 0 Å². The van der Waals surface area contributed by atoms with E-state index in [2.05, 4.69) is 43.3 Å². The summed E-state index contributed by atoms with van der Waals surface area (Å²) in [7, 11) is 0. The summed E-state index contributed by atoms with van der Waals surface area (Å²) in [5.74, 6) is -0.854. The first-order valence-corrected chi connectivity index (χ1v) is 9.34. The lowest BCUT2D eigenvalue weighted by molar-refractivity contribution is -0.119. The van der Waals surface area contributed by atoms with Crippen molar-refractivity contribution in [2.24, 2.45) is 0 Å². The Morgan fingerprint density at radius 2 is 1.61 bits per heavy atom. The molecular formula is C24H21NO3. The van der Waals surface area contributed by atoms with Gasteiger partial charge >= 0.3 is 5.97 Å². The summed E-state index contributed by atoms with van der Waals surface area (Å²) in [4.78, 5) is 25.4. The van der Waals surface area contributed by atoms with Crippen LogP contribution < -0.4 is 4.90 Å². The number of hydrogen-bond donors (Lipinski definition) is 1. The predicted octanol–water partition coefficient (Wildman–Crippen LogP) is 4.84. The van der Waals surface area contributed by atoms with E-state index in [-0.39, 0.29) is 11.5 Å². The molecule has 1 N–H and O–H groups in total. The minimum absolute atomic E-state index is 0.0953. The van der Waals surface area contributed by atoms with Gasteiger partial charge in [-0.05, 0) is 59.9 Å². The van der Waals surface area contributed by atoms with E-state index in [0.29, 0.717) is 13.0 Å². The average Bonchev–Trinajstić information content (AvgIpc) is 2.71. The summed E-state index contributed by atoms with van der Waals surface area (Å²) in [6, 6.07) is 21.4. The third kappa shape index (κ3) is 3.54. The fraction of sp³-hybridized carbons (Fsp3) is 0.167. The first-order valence-electron chi connectivity index (χ1n) is 9.34. The highest BCUT2D eigenvalue weighted by atomic mass is 16.4. The van der Waals surface area contributed by atoms with Gasteiger partial charge in [-0.25, -0.2) is 4.79 Å². The van der Waals surface area contributed by atoms with Crippen molar-refractivity contribution in [2.45, 2.75) is 26.3 Å². The normalized spacial score (nSPS) is 13.3. The summed E-state index contributed by atoms with van der Waals surface area (Å²) in [5.41, 5.74) is 6.81. The smallest absolute Gasteiger partial charge is 0.335 e. The van der Waals surface area contributed by atoms with Gasteiger partial charge in [0.15, 0.2) is 0 Å². The molecule has 0 fully saturated rings. The lowest BCUT2D eigenvalue weighted by Gasteiger charge is -2.30. The number of carboxylic acid groups (broad SMARTS) is 1. The number of carboxylic acids is 1. The van der Waals surface area contributed by atoms with Gasteiger partial charge in [0.05, 0.1) is 12.1 Å². The number of anilines is 1. The first kappa shape index (κ1) is 18.0. The van der Waals surface area contributed by atoms with Gasteiger partial charge in [-0.1, -0.05) is 48.0 Å². The first-order chi connectivity index (χ1) is 13.5. The summed E-state index contributed by atoms with van der Waals surface area (Å²) < 4.78 is 0. The maximum Gasteiger partial charge on any atom is 0.335 e. The van der Waals surface area contributed by atoms with Gasteiger partial charge in [-0.2, -0.15) is 0 Å². The van der Waals surface area contributed by atoms with Gasteiger partial charge in [0.25, 0.3) is 0 Å². The van der Waals surface area contributed by atoms with Crippen molar-refractivity contribution >= 4 is 17.6 Å². The monoisotopic (exact) mass is 371 g/mol. The summed E-state index contributed by atoms with van der Waals surface area (Å²) in [6.07, 6.45) is 1.22. The van der Waals surface area contributed by atoms with Crippen LogP contribution >= 0.6 is 0 Å². The largest absolute Gasteiger partial charge is 0.478 e. The molecule has 0 spiro atoms. The van der Waals surface area contributed by atoms with Crippen molar-refractivity contribution < 1.29 is 14.7 Å². The molecule has 0 radical (unpaired) electrons. The van der Waals surface area contributed by atoms with Crippen molar-refractivity contribution in [1.82, 2.24) is 0 Å². The Kier molecular flexibility index (Phi) is 4.70. The lowest BCUT2D eigenvalue weighted by atomic mass is 9.95. The Labute approximate surface area is 164 Å². The molecule has 1 aliphatic heterocycles. The van der Waals surface area contributed by atoms with Crippen LogP contribution in [0.3, 0.4) is 0 Å². The van der Waals surface area contributed by atoms with Crippen LogP contribution in [0.1, 0.15) is 33.5 Å². The van der Waals surface area contributed by atoms with Crippen LogP contribution in [0.5, 0.6) is 0 Å². The van der Waals surface area contributed by atoms with E-state index in [1.165, 1.54) is 16.7 Å². The minimum Gasteiger partial charge on any atom is -0.478 e. The quantitative estimate of drug-likeness (QED) is 0.714. The molecule has 0 saturated heterocycles. The van der Waals surface area contributed by atoms with Crippen LogP contribution in [0.15, 0.2) is 66.7 Å². The summed E-state index contributed by atoms with van der Waals surface area (Å²) in [6.45, 7) is 2.51. The van der Waals surface area contributed by atoms with Gasteiger partial charge < -0.3 is 10.0 Å². The van der Waals surface area contributed by atoms with Crippen LogP contribution in [-0.2, 0) is 17.8 Å². The highest BCUT2D eigenvalue weighted by molar-refractivity contribution is 5.97. The fourth-order valence-corrected chi connectivity index (χ4v) is 3.59. The third-order valence-corrected chi connectivity index (χ3v) is 5.21. The number of rotatable bonds is 4. The second kappa shape index (κ2) is 7.31. The standard InChI is InChI=1S/C24H21NO3/c1-16-2-6-18(7-3-16)20-10-12-22-21(14-20)11-13-23(26)25(22)15-17-4-8-19(9-5-17)24(27)28/h2-10,12,14H,11,13,15H2,1H3,(H,27,28). The highest BCUT2D eigenvalue weighted by Gasteiger charge is 2.24. The van der Waals surface area contributed by atoms with Crippen molar-refractivity contribution in [2.75, 3.05) is 4.90 Å². The molecule has 1 heterocycles. The van der Waals surface area contributed by atoms with E-state index in [1.54, 1.807) is 29.2 Å². The number of carbonyl (C=O) groups excluding carboxylic acids is 1. The minimum atomic E-state index is -0.949. The second-order valence-electron chi connectivity index (χ2n) is 7.19. The molecule has 4 nitrogen and oxygen atoms in total. The number of carbonyl (C=O) groups is 2. The van der Waals surface area contributed by atoms with Gasteiger partial charge in [0, 0.05) is 12.1 Å². The molecule has 0 bridgehead atoms. The van der Waals surface area contributed by atoms with E-state index in [4.69, 9.17) is 5.11 Å². The fourth-order valence-electron chi connectivity index (χ4n) is 3.59. The molecule has 0 atom stereocenters. The zero-order chi connectivity index (χ0) is 19.7. The zero-order valence-electron chi connectivity index (χ0n) is 15.7. The number of aromatic carboxylic acids is 1. The van der Waals surface area contributed by atoms with Gasteiger partial charge in [0.1, 0.15) is 0 Å². The lowest BCUT2D eigenvalue weighted by Crippen LogP contribution is -2.34. The third-order valence-electron chi connectivity index (χ3n) is 5.21. The SMILES string of the molecule is Cc1ccc(-c2ccc3c(c2)CCC(=O)N3Cc2ccc(C(=O)O)cc2)cc1. The Morgan fingerprint density at radius 3 is 2.29 bits per heavy atom. The summed E-state index contributed by atoms with van der Waals surface area (Å²) >= 11 is 0. The van der Waals surface area contributed by atoms with Crippen LogP contribution in [0, 0.1) is 6.92 Å². The molecule has 0 saturated carbocycles. The van der Waals surface area contributed by atoms with Gasteiger partial charge in [0.2, 0.25) is 5.91 Å². The van der Waals surface area contributed by atoms with Crippen LogP contribution in [0.25, 0.3) is 11.1 Å². The van der Waals surface area contributed by atoms with E-state index in [9.17, 15) is 9.59 Å². The molecule has 4 rings (SSSR count). The molecule has 0 unspecified atom stereocenters. The number of amides is 1. The molecule has 28 heavy (non-hydrogen) atoms. The molecule has 1 aliphatic rings. The van der Waals surface area contributed by atoms with Crippen molar-refractivity contribution in [3.63, 3.8) is 0 Å². The molecule has 3 aromatic rings. The number of nitrogens with zero attached hydrogens (tertiary/aromatic N) is 1. The Morgan fingerprint density at radius 1 is 0.929 bits per heavy atom. The molecule has 0 aromatic heterocycles. The maximum absolute atomic E-state index is 12.6. The highest BCUT2D eigenvalue weighted by Crippen LogP contribution is 2.33. The van der Waals surface area contributed by atoms with Crippen molar-refractivity contribution in [1.29, 1.82) is 0 Å². The Hall–Kier alpha value is -3.40. The van der Waals surface area contributed by atoms with Crippen LogP contribution in [0.2, 0.25) is 0 Å². The zero-order valence-corrected chi connectivity index (χ0v) is 15.7. The average molecular weight is 371 g/mol. The van der Waals surface area contributed by atoms with Crippen LogP contribution in [-0.4, -0.2) is 17.0 Å². The van der Waals surface area contributed by atoms with E-state index in [0.717, 1.165) is 23.2 Å². The summed E-state index contributed by atoms with van der Waals surface area (Å²) in [5, 5.41) is 9.04. The maximum atomic E-state index is 12.6. The number of hydrogen-bond acceptors (Lipinski definition) is 2. The predicted molar refractivity (Wildman–Crippen MR) is 110 cm³/mol. The molecule has 140 valence electrons. The number of fused-ring (bicyclic) bond motifs is 1. The molecule has 4 heteroatoms. The van der Waals surface area contributed by atoms with E-state index < -0.39 is 5.97 Å². The Balaban J connectivity index is 1.62. The topological polar surface area (TPSA) is 57.6 Å². The number of benzene rings is 3. The number of aryl methyl sites for hydroxylation is 2. The Bertz CT molecular complexity index is 1040. The van der Waals surface area contributed by atoms with Gasteiger partial charge in [-0.15, -0.1) is 0 Å². The molecule has 3 aromatic carbocycles. The van der Waals surface area contributed by atoms with Gasteiger partial charge in [-0.3, -0.25) is 4.79 Å². The van der Waals surface area contributed by atoms with Crippen molar-refractivity contribution in [3.05, 3.63) is 89.0 Å². The molecular weight excluding hydrogens is 350 g/mol.